The molecule has 2 aromatic carbocycles. The fourth-order valence-electron chi connectivity index (χ4n) is 2.09. The van der Waals surface area contributed by atoms with Crippen molar-refractivity contribution in [1.82, 2.24) is 5.32 Å². The first-order valence-electron chi connectivity index (χ1n) is 7.54. The van der Waals surface area contributed by atoms with Crippen LogP contribution in [0.5, 0.6) is 0 Å². The fraction of sp³-hybridized carbons (Fsp3) is 0.222. The van der Waals surface area contributed by atoms with Crippen molar-refractivity contribution in [3.63, 3.8) is 0 Å². The molecule has 126 valence electrons. The Kier molecular flexibility index (Phi) is 6.96. The van der Waals surface area contributed by atoms with E-state index in [1.54, 1.807) is 37.4 Å². The summed E-state index contributed by atoms with van der Waals surface area (Å²) >= 11 is 3.36. The molecule has 5 nitrogen and oxygen atoms in total. The van der Waals surface area contributed by atoms with Crippen molar-refractivity contribution in [2.45, 2.75) is 6.42 Å². The summed E-state index contributed by atoms with van der Waals surface area (Å²) in [6.07, 6.45) is 0.741. The molecule has 2 amide bonds. The minimum Gasteiger partial charge on any atom is -0.385 e. The highest BCUT2D eigenvalue weighted by Crippen LogP contribution is 2.17. The van der Waals surface area contributed by atoms with Gasteiger partial charge in [-0.1, -0.05) is 28.1 Å². The van der Waals surface area contributed by atoms with Gasteiger partial charge in [-0.2, -0.15) is 0 Å². The van der Waals surface area contributed by atoms with E-state index in [2.05, 4.69) is 26.6 Å². The third-order valence-electron chi connectivity index (χ3n) is 3.28. The number of halogens is 1. The zero-order valence-electron chi connectivity index (χ0n) is 13.3. The zero-order valence-corrected chi connectivity index (χ0v) is 14.9. The molecule has 0 aliphatic carbocycles. The van der Waals surface area contributed by atoms with Crippen LogP contribution in [0.4, 0.5) is 5.69 Å². The van der Waals surface area contributed by atoms with E-state index in [0.717, 1.165) is 10.9 Å². The van der Waals surface area contributed by atoms with Crippen LogP contribution < -0.4 is 10.6 Å². The summed E-state index contributed by atoms with van der Waals surface area (Å²) in [5, 5.41) is 5.61. The monoisotopic (exact) mass is 390 g/mol. The quantitative estimate of drug-likeness (QED) is 0.711. The van der Waals surface area contributed by atoms with Gasteiger partial charge in [0.15, 0.2) is 0 Å². The first-order valence-corrected chi connectivity index (χ1v) is 8.33. The van der Waals surface area contributed by atoms with Gasteiger partial charge in [0.05, 0.1) is 0 Å². The molecule has 0 aliphatic rings. The number of benzene rings is 2. The van der Waals surface area contributed by atoms with Gasteiger partial charge in [0, 0.05) is 41.5 Å². The number of carbonyl (C=O) groups excluding carboxylic acids is 2. The molecule has 2 N–H and O–H groups in total. The van der Waals surface area contributed by atoms with Crippen molar-refractivity contribution in [1.29, 1.82) is 0 Å². The van der Waals surface area contributed by atoms with Gasteiger partial charge in [0.1, 0.15) is 0 Å². The molecule has 0 unspecified atom stereocenters. The summed E-state index contributed by atoms with van der Waals surface area (Å²) in [5.74, 6) is -0.467. The van der Waals surface area contributed by atoms with E-state index in [1.165, 1.54) is 0 Å². The second-order valence-electron chi connectivity index (χ2n) is 5.15. The molecule has 0 bridgehead atoms. The fourth-order valence-corrected chi connectivity index (χ4v) is 2.49. The smallest absolute Gasteiger partial charge is 0.255 e. The molecule has 0 atom stereocenters. The molecule has 0 saturated heterocycles. The Morgan fingerprint density at radius 2 is 1.75 bits per heavy atom. The van der Waals surface area contributed by atoms with Crippen molar-refractivity contribution in [2.24, 2.45) is 0 Å². The van der Waals surface area contributed by atoms with Crippen molar-refractivity contribution >= 4 is 33.4 Å². The highest BCUT2D eigenvalue weighted by Gasteiger charge is 2.10. The Morgan fingerprint density at radius 1 is 1.04 bits per heavy atom. The summed E-state index contributed by atoms with van der Waals surface area (Å²) in [7, 11) is 1.62. The van der Waals surface area contributed by atoms with Crippen molar-refractivity contribution in [3.05, 3.63) is 64.1 Å². The lowest BCUT2D eigenvalue weighted by atomic mass is 10.1. The van der Waals surface area contributed by atoms with Gasteiger partial charge in [0.2, 0.25) is 0 Å². The number of hydrogen-bond acceptors (Lipinski definition) is 3. The van der Waals surface area contributed by atoms with E-state index in [4.69, 9.17) is 4.74 Å². The molecule has 0 saturated carbocycles. The van der Waals surface area contributed by atoms with Crippen LogP contribution in [0.15, 0.2) is 53.0 Å². The van der Waals surface area contributed by atoms with Gasteiger partial charge >= 0.3 is 0 Å². The SMILES string of the molecule is COCCCNC(=O)c1cccc(C(=O)Nc2cccc(Br)c2)c1. The number of hydrogen-bond donors (Lipinski definition) is 2. The maximum Gasteiger partial charge on any atom is 0.255 e. The van der Waals surface area contributed by atoms with Crippen LogP contribution in [0, 0.1) is 0 Å². The lowest BCUT2D eigenvalue weighted by molar-refractivity contribution is 0.0948. The van der Waals surface area contributed by atoms with E-state index in [0.29, 0.717) is 30.0 Å². The number of ether oxygens (including phenoxy) is 1. The summed E-state index contributed by atoms with van der Waals surface area (Å²) in [5.41, 5.74) is 1.57. The third kappa shape index (κ3) is 5.47. The number of anilines is 1. The lowest BCUT2D eigenvalue weighted by Crippen LogP contribution is -2.25. The highest BCUT2D eigenvalue weighted by atomic mass is 79.9. The van der Waals surface area contributed by atoms with Crippen molar-refractivity contribution in [3.8, 4) is 0 Å². The van der Waals surface area contributed by atoms with Gasteiger partial charge in [-0.05, 0) is 42.8 Å². The second-order valence-corrected chi connectivity index (χ2v) is 6.06. The predicted octanol–water partition coefficient (Wildman–Crippen LogP) is 3.47. The largest absolute Gasteiger partial charge is 0.385 e. The lowest BCUT2D eigenvalue weighted by Gasteiger charge is -2.08. The molecule has 0 heterocycles. The van der Waals surface area contributed by atoms with Crippen LogP contribution in [0.2, 0.25) is 0 Å². The molecule has 2 aromatic rings. The predicted molar refractivity (Wildman–Crippen MR) is 97.4 cm³/mol. The molecule has 0 radical (unpaired) electrons. The maximum absolute atomic E-state index is 12.3. The summed E-state index contributed by atoms with van der Waals surface area (Å²) < 4.78 is 5.82. The Balaban J connectivity index is 2.01. The van der Waals surface area contributed by atoms with E-state index in [9.17, 15) is 9.59 Å². The first-order chi connectivity index (χ1) is 11.6. The van der Waals surface area contributed by atoms with Gasteiger partial charge in [0.25, 0.3) is 11.8 Å². The normalized spacial score (nSPS) is 10.2. The summed E-state index contributed by atoms with van der Waals surface area (Å²) in [6, 6.07) is 14.0. The van der Waals surface area contributed by atoms with Crippen molar-refractivity contribution in [2.75, 3.05) is 25.6 Å². The van der Waals surface area contributed by atoms with E-state index in [-0.39, 0.29) is 11.8 Å². The number of nitrogens with one attached hydrogen (secondary N) is 2. The van der Waals surface area contributed by atoms with E-state index >= 15 is 0 Å². The second kappa shape index (κ2) is 9.20. The summed E-state index contributed by atoms with van der Waals surface area (Å²) in [6.45, 7) is 1.12. The molecule has 0 fully saturated rings. The number of rotatable bonds is 7. The zero-order chi connectivity index (χ0) is 17.4. The summed E-state index contributed by atoms with van der Waals surface area (Å²) in [4.78, 5) is 24.4. The van der Waals surface area contributed by atoms with Crippen LogP contribution in [0.3, 0.4) is 0 Å². The molecule has 6 heteroatoms. The van der Waals surface area contributed by atoms with E-state index < -0.39 is 0 Å². The molecule has 0 spiro atoms. The third-order valence-corrected chi connectivity index (χ3v) is 3.77. The minimum atomic E-state index is -0.262. The number of carbonyl (C=O) groups is 2. The Morgan fingerprint density at radius 3 is 2.46 bits per heavy atom. The standard InChI is InChI=1S/C18H19BrN2O3/c1-24-10-4-9-20-17(22)13-5-2-6-14(11-13)18(23)21-16-8-3-7-15(19)12-16/h2-3,5-8,11-12H,4,9-10H2,1H3,(H,20,22)(H,21,23). The first kappa shape index (κ1) is 18.2. The maximum atomic E-state index is 12.3. The van der Waals surface area contributed by atoms with Crippen LogP contribution >= 0.6 is 15.9 Å². The Labute approximate surface area is 149 Å². The Hall–Kier alpha value is -2.18. The van der Waals surface area contributed by atoms with Crippen LogP contribution in [-0.2, 0) is 4.74 Å². The van der Waals surface area contributed by atoms with Gasteiger partial charge in [-0.25, -0.2) is 0 Å². The van der Waals surface area contributed by atoms with Crippen LogP contribution in [0.25, 0.3) is 0 Å². The average molecular weight is 391 g/mol. The average Bonchev–Trinajstić information content (AvgIpc) is 2.58. The van der Waals surface area contributed by atoms with Crippen molar-refractivity contribution < 1.29 is 14.3 Å². The molecule has 24 heavy (non-hydrogen) atoms. The van der Waals surface area contributed by atoms with Gasteiger partial charge in [-0.15, -0.1) is 0 Å². The molecule has 0 aliphatic heterocycles. The van der Waals surface area contributed by atoms with E-state index in [1.807, 2.05) is 18.2 Å². The highest BCUT2D eigenvalue weighted by molar-refractivity contribution is 9.10. The Bertz CT molecular complexity index is 719. The van der Waals surface area contributed by atoms with Crippen LogP contribution in [0.1, 0.15) is 27.1 Å². The van der Waals surface area contributed by atoms with Crippen LogP contribution in [-0.4, -0.2) is 32.1 Å². The molecular formula is C18H19BrN2O3. The van der Waals surface area contributed by atoms with Gasteiger partial charge in [-0.3, -0.25) is 9.59 Å². The number of methoxy groups -OCH3 is 1. The molecule has 0 aromatic heterocycles. The van der Waals surface area contributed by atoms with Gasteiger partial charge < -0.3 is 15.4 Å². The topological polar surface area (TPSA) is 67.4 Å². The number of amides is 2. The molecular weight excluding hydrogens is 372 g/mol. The molecule has 2 rings (SSSR count). The minimum absolute atomic E-state index is 0.205.